The van der Waals surface area contributed by atoms with E-state index in [9.17, 15) is 0 Å². The molecule has 0 aliphatic rings. The van der Waals surface area contributed by atoms with Crippen LogP contribution in [0.4, 0.5) is 5.69 Å². The maximum absolute atomic E-state index is 5.74. The smallest absolute Gasteiger partial charge is 0.119 e. The predicted octanol–water partition coefficient (Wildman–Crippen LogP) is 3.14. The van der Waals surface area contributed by atoms with Crippen molar-refractivity contribution in [1.82, 2.24) is 0 Å². The molecule has 2 aromatic rings. The second kappa shape index (κ2) is 7.14. The summed E-state index contributed by atoms with van der Waals surface area (Å²) < 4.78 is 5.29. The summed E-state index contributed by atoms with van der Waals surface area (Å²) in [6.45, 7) is 3.63. The van der Waals surface area contributed by atoms with Gasteiger partial charge in [0, 0.05) is 19.3 Å². The number of nitrogens with two attached hydrogens (primary N) is 1. The zero-order valence-electron chi connectivity index (χ0n) is 13.1. The minimum atomic E-state index is 0.670. The maximum atomic E-state index is 5.74. The van der Waals surface area contributed by atoms with Crippen molar-refractivity contribution in [1.29, 1.82) is 0 Å². The van der Waals surface area contributed by atoms with Crippen LogP contribution in [0.25, 0.3) is 0 Å². The van der Waals surface area contributed by atoms with Gasteiger partial charge in [-0.2, -0.15) is 0 Å². The number of aryl methyl sites for hydroxylation is 1. The second-order valence-electron chi connectivity index (χ2n) is 5.38. The first kappa shape index (κ1) is 15.4. The van der Waals surface area contributed by atoms with Crippen LogP contribution in [-0.2, 0) is 13.0 Å². The molecule has 3 heteroatoms. The molecule has 0 radical (unpaired) electrons. The van der Waals surface area contributed by atoms with Crippen LogP contribution < -0.4 is 15.4 Å². The Labute approximate surface area is 127 Å². The van der Waals surface area contributed by atoms with Crippen LogP contribution in [0, 0.1) is 6.92 Å². The lowest BCUT2D eigenvalue weighted by Gasteiger charge is -2.23. The monoisotopic (exact) mass is 284 g/mol. The van der Waals surface area contributed by atoms with Crippen LogP contribution >= 0.6 is 0 Å². The van der Waals surface area contributed by atoms with Gasteiger partial charge in [0.2, 0.25) is 0 Å². The number of rotatable bonds is 6. The summed E-state index contributed by atoms with van der Waals surface area (Å²) in [5.41, 5.74) is 10.8. The van der Waals surface area contributed by atoms with E-state index in [0.717, 1.165) is 18.7 Å². The Morgan fingerprint density at radius 1 is 1.14 bits per heavy atom. The van der Waals surface area contributed by atoms with Crippen LogP contribution in [0.2, 0.25) is 0 Å². The second-order valence-corrected chi connectivity index (χ2v) is 5.38. The molecular weight excluding hydrogens is 260 g/mol. The van der Waals surface area contributed by atoms with Gasteiger partial charge in [-0.15, -0.1) is 0 Å². The summed E-state index contributed by atoms with van der Waals surface area (Å²) in [7, 11) is 3.81. The van der Waals surface area contributed by atoms with Gasteiger partial charge in [0.1, 0.15) is 5.75 Å². The van der Waals surface area contributed by atoms with E-state index in [0.29, 0.717) is 6.54 Å². The molecule has 0 aromatic heterocycles. The summed E-state index contributed by atoms with van der Waals surface area (Å²) in [5, 5.41) is 0. The highest BCUT2D eigenvalue weighted by Crippen LogP contribution is 2.24. The van der Waals surface area contributed by atoms with Crippen molar-refractivity contribution >= 4 is 5.69 Å². The fraction of sp³-hybridized carbons (Fsp3) is 0.333. The lowest BCUT2D eigenvalue weighted by Crippen LogP contribution is -2.19. The molecule has 0 fully saturated rings. The molecule has 0 unspecified atom stereocenters. The highest BCUT2D eigenvalue weighted by atomic mass is 16.5. The Morgan fingerprint density at radius 3 is 2.67 bits per heavy atom. The molecule has 2 aromatic carbocycles. The number of ether oxygens (including phenoxy) is 1. The molecule has 0 spiro atoms. The molecule has 0 amide bonds. The summed E-state index contributed by atoms with van der Waals surface area (Å²) in [6.07, 6.45) is 0.902. The molecule has 2 rings (SSSR count). The van der Waals surface area contributed by atoms with Crippen molar-refractivity contribution < 1.29 is 4.74 Å². The molecule has 112 valence electrons. The van der Waals surface area contributed by atoms with Crippen LogP contribution in [0.5, 0.6) is 5.75 Å². The van der Waals surface area contributed by atoms with Crippen molar-refractivity contribution in [2.24, 2.45) is 5.73 Å². The van der Waals surface area contributed by atoms with Gasteiger partial charge in [0.15, 0.2) is 0 Å². The van der Waals surface area contributed by atoms with E-state index in [-0.39, 0.29) is 0 Å². The minimum Gasteiger partial charge on any atom is -0.497 e. The van der Waals surface area contributed by atoms with Gasteiger partial charge < -0.3 is 15.4 Å². The first-order valence-corrected chi connectivity index (χ1v) is 7.27. The molecule has 2 N–H and O–H groups in total. The van der Waals surface area contributed by atoms with E-state index in [1.807, 2.05) is 12.1 Å². The molecule has 0 saturated heterocycles. The molecule has 0 atom stereocenters. The number of anilines is 1. The fourth-order valence-corrected chi connectivity index (χ4v) is 2.57. The third-order valence-corrected chi connectivity index (χ3v) is 3.61. The standard InChI is InChI=1S/C18H24N2O/c1-14-7-8-18(16(11-14)9-10-19)20(2)13-15-5-4-6-17(12-15)21-3/h4-8,11-12H,9-10,13,19H2,1-3H3. The van der Waals surface area contributed by atoms with Gasteiger partial charge >= 0.3 is 0 Å². The van der Waals surface area contributed by atoms with E-state index >= 15 is 0 Å². The van der Waals surface area contributed by atoms with E-state index in [4.69, 9.17) is 10.5 Å². The van der Waals surface area contributed by atoms with E-state index in [1.54, 1.807) is 7.11 Å². The van der Waals surface area contributed by atoms with Crippen molar-refractivity contribution in [3.63, 3.8) is 0 Å². The first-order valence-electron chi connectivity index (χ1n) is 7.27. The zero-order valence-corrected chi connectivity index (χ0v) is 13.1. The molecular formula is C18H24N2O. The molecule has 3 nitrogen and oxygen atoms in total. The van der Waals surface area contributed by atoms with Gasteiger partial charge in [0.05, 0.1) is 7.11 Å². The third-order valence-electron chi connectivity index (χ3n) is 3.61. The summed E-state index contributed by atoms with van der Waals surface area (Å²) in [5.74, 6) is 0.895. The molecule has 0 aliphatic carbocycles. The van der Waals surface area contributed by atoms with Crippen molar-refractivity contribution in [2.75, 3.05) is 25.6 Å². The molecule has 0 bridgehead atoms. The predicted molar refractivity (Wildman–Crippen MR) is 89.0 cm³/mol. The molecule has 21 heavy (non-hydrogen) atoms. The van der Waals surface area contributed by atoms with Crippen LogP contribution in [0.3, 0.4) is 0 Å². The molecule has 0 saturated carbocycles. The normalized spacial score (nSPS) is 10.5. The summed E-state index contributed by atoms with van der Waals surface area (Å²) in [6, 6.07) is 14.7. The van der Waals surface area contributed by atoms with E-state index in [1.165, 1.54) is 22.4 Å². The largest absolute Gasteiger partial charge is 0.497 e. The number of methoxy groups -OCH3 is 1. The Hall–Kier alpha value is -2.00. The Bertz CT molecular complexity index is 596. The van der Waals surface area contributed by atoms with Gasteiger partial charge in [0.25, 0.3) is 0 Å². The van der Waals surface area contributed by atoms with Crippen molar-refractivity contribution in [2.45, 2.75) is 19.9 Å². The maximum Gasteiger partial charge on any atom is 0.119 e. The Balaban J connectivity index is 2.21. The summed E-state index contributed by atoms with van der Waals surface area (Å²) in [4.78, 5) is 2.26. The number of hydrogen-bond acceptors (Lipinski definition) is 3. The van der Waals surface area contributed by atoms with Gasteiger partial charge in [-0.25, -0.2) is 0 Å². The highest BCUT2D eigenvalue weighted by Gasteiger charge is 2.08. The first-order chi connectivity index (χ1) is 10.1. The van der Waals surface area contributed by atoms with Crippen LogP contribution in [0.15, 0.2) is 42.5 Å². The quantitative estimate of drug-likeness (QED) is 0.885. The lowest BCUT2D eigenvalue weighted by atomic mass is 10.0. The number of nitrogens with zero attached hydrogens (tertiary/aromatic N) is 1. The lowest BCUT2D eigenvalue weighted by molar-refractivity contribution is 0.414. The molecule has 0 heterocycles. The minimum absolute atomic E-state index is 0.670. The SMILES string of the molecule is COc1cccc(CN(C)c2ccc(C)cc2CCN)c1. The fourth-order valence-electron chi connectivity index (χ4n) is 2.57. The topological polar surface area (TPSA) is 38.5 Å². The van der Waals surface area contributed by atoms with Crippen molar-refractivity contribution in [3.8, 4) is 5.75 Å². The van der Waals surface area contributed by atoms with E-state index < -0.39 is 0 Å². The van der Waals surface area contributed by atoms with Crippen LogP contribution in [-0.4, -0.2) is 20.7 Å². The average molecular weight is 284 g/mol. The third kappa shape index (κ3) is 3.99. The van der Waals surface area contributed by atoms with Gasteiger partial charge in [-0.1, -0.05) is 29.8 Å². The van der Waals surface area contributed by atoms with Gasteiger partial charge in [-0.3, -0.25) is 0 Å². The number of hydrogen-bond donors (Lipinski definition) is 1. The number of benzene rings is 2. The average Bonchev–Trinajstić information content (AvgIpc) is 2.48. The van der Waals surface area contributed by atoms with Crippen LogP contribution in [0.1, 0.15) is 16.7 Å². The van der Waals surface area contributed by atoms with Crippen molar-refractivity contribution in [3.05, 3.63) is 59.2 Å². The summed E-state index contributed by atoms with van der Waals surface area (Å²) >= 11 is 0. The Kier molecular flexibility index (Phi) is 5.23. The van der Waals surface area contributed by atoms with E-state index in [2.05, 4.69) is 49.2 Å². The highest BCUT2D eigenvalue weighted by molar-refractivity contribution is 5.55. The Morgan fingerprint density at radius 2 is 1.95 bits per heavy atom. The molecule has 0 aliphatic heterocycles. The zero-order chi connectivity index (χ0) is 15.2. The van der Waals surface area contributed by atoms with Gasteiger partial charge in [-0.05, 0) is 49.2 Å².